The number of Topliss-reactive ketones (excluding diaryl/α,β-unsaturated/α-hetero) is 1. The van der Waals surface area contributed by atoms with Gasteiger partial charge in [0.15, 0.2) is 11.5 Å². The first-order chi connectivity index (χ1) is 16.4. The number of alkyl halides is 5. The third kappa shape index (κ3) is 4.72. The van der Waals surface area contributed by atoms with Crippen LogP contribution in [-0.4, -0.2) is 23.2 Å². The Balaban J connectivity index is 1.38. The molecule has 0 bridgehead atoms. The van der Waals surface area contributed by atoms with Gasteiger partial charge >= 0.3 is 12.5 Å². The van der Waals surface area contributed by atoms with Crippen molar-refractivity contribution in [1.82, 2.24) is 4.98 Å². The third-order valence-corrected chi connectivity index (χ3v) is 6.34. The van der Waals surface area contributed by atoms with Gasteiger partial charge in [-0.2, -0.15) is 13.2 Å². The molecule has 0 unspecified atom stereocenters. The Hall–Kier alpha value is -3.49. The Kier molecular flexibility index (Phi) is 5.34. The highest BCUT2D eigenvalue weighted by molar-refractivity contribution is 5.94. The molecule has 2 aromatic carbocycles. The zero-order valence-corrected chi connectivity index (χ0v) is 18.6. The number of aromatic nitrogens is 1. The van der Waals surface area contributed by atoms with Crippen LogP contribution in [0, 0.1) is 6.92 Å². The number of fused-ring (bicyclic) bond motifs is 1. The Morgan fingerprint density at radius 2 is 1.74 bits per heavy atom. The molecule has 1 aliphatic heterocycles. The fourth-order valence-corrected chi connectivity index (χ4v) is 4.45. The summed E-state index contributed by atoms with van der Waals surface area (Å²) < 4.78 is 74.2. The molecule has 0 radical (unpaired) electrons. The van der Waals surface area contributed by atoms with Crippen LogP contribution in [0.2, 0.25) is 0 Å². The van der Waals surface area contributed by atoms with Crippen molar-refractivity contribution in [3.8, 4) is 22.8 Å². The van der Waals surface area contributed by atoms with Crippen LogP contribution in [0.1, 0.15) is 35.2 Å². The first-order valence-corrected chi connectivity index (χ1v) is 11.0. The van der Waals surface area contributed by atoms with Crippen molar-refractivity contribution in [2.75, 3.05) is 0 Å². The van der Waals surface area contributed by atoms with Crippen LogP contribution in [0.15, 0.2) is 54.6 Å². The number of ether oxygens (including phenoxy) is 2. The summed E-state index contributed by atoms with van der Waals surface area (Å²) in [4.78, 5) is 17.9. The number of rotatable bonds is 6. The lowest BCUT2D eigenvalue weighted by Gasteiger charge is -2.16. The number of nitrogens with zero attached hydrogens (tertiary/aromatic N) is 1. The molecule has 1 saturated carbocycles. The first kappa shape index (κ1) is 23.3. The molecule has 0 amide bonds. The van der Waals surface area contributed by atoms with Gasteiger partial charge in [0.2, 0.25) is 0 Å². The van der Waals surface area contributed by atoms with Gasteiger partial charge in [0.05, 0.1) is 17.5 Å². The zero-order valence-electron chi connectivity index (χ0n) is 18.6. The summed E-state index contributed by atoms with van der Waals surface area (Å²) in [5.74, 6) is -0.308. The van der Waals surface area contributed by atoms with E-state index in [0.29, 0.717) is 35.4 Å². The minimum Gasteiger partial charge on any atom is -0.395 e. The van der Waals surface area contributed by atoms with Crippen LogP contribution >= 0.6 is 0 Å². The number of benzene rings is 2. The lowest BCUT2D eigenvalue weighted by Crippen LogP contribution is -2.26. The number of aryl methyl sites for hydroxylation is 1. The van der Waals surface area contributed by atoms with Gasteiger partial charge in [0, 0.05) is 17.7 Å². The molecule has 0 atom stereocenters. The quantitative estimate of drug-likeness (QED) is 0.380. The van der Waals surface area contributed by atoms with Gasteiger partial charge in [-0.3, -0.25) is 9.78 Å². The first-order valence-electron chi connectivity index (χ1n) is 11.0. The van der Waals surface area contributed by atoms with Crippen molar-refractivity contribution in [2.24, 2.45) is 0 Å². The van der Waals surface area contributed by atoms with Gasteiger partial charge in [0.1, 0.15) is 5.78 Å². The van der Waals surface area contributed by atoms with E-state index in [-0.39, 0.29) is 29.3 Å². The average molecular weight is 489 g/mol. The van der Waals surface area contributed by atoms with E-state index < -0.39 is 24.3 Å². The molecule has 1 aliphatic carbocycles. The summed E-state index contributed by atoms with van der Waals surface area (Å²) in [6.45, 7) is 1.80. The maximum absolute atomic E-state index is 13.4. The minimum absolute atomic E-state index is 0.000122. The molecular weight excluding hydrogens is 469 g/mol. The van der Waals surface area contributed by atoms with Crippen LogP contribution < -0.4 is 9.47 Å². The van der Waals surface area contributed by atoms with E-state index in [1.54, 1.807) is 37.3 Å². The van der Waals surface area contributed by atoms with Crippen LogP contribution in [-0.2, 0) is 23.1 Å². The SMILES string of the molecule is Cc1ccc(CC(=O)C2(c3ccc4c(c3)OC(F)(F)O4)CC2)nc1-c1cccc(CC(F)(F)F)c1. The van der Waals surface area contributed by atoms with Crippen molar-refractivity contribution in [3.63, 3.8) is 0 Å². The molecule has 0 N–H and O–H groups in total. The molecular formula is C26H20F5NO3. The van der Waals surface area contributed by atoms with Crippen molar-refractivity contribution in [3.05, 3.63) is 77.0 Å². The van der Waals surface area contributed by atoms with Gasteiger partial charge in [0.25, 0.3) is 0 Å². The van der Waals surface area contributed by atoms with Gasteiger partial charge in [-0.15, -0.1) is 8.78 Å². The molecule has 9 heteroatoms. The van der Waals surface area contributed by atoms with E-state index in [1.165, 1.54) is 24.3 Å². The summed E-state index contributed by atoms with van der Waals surface area (Å²) >= 11 is 0. The largest absolute Gasteiger partial charge is 0.586 e. The van der Waals surface area contributed by atoms with Crippen molar-refractivity contribution < 1.29 is 36.2 Å². The van der Waals surface area contributed by atoms with Crippen LogP contribution in [0.3, 0.4) is 0 Å². The predicted molar refractivity (Wildman–Crippen MR) is 116 cm³/mol. The number of hydrogen-bond acceptors (Lipinski definition) is 4. The maximum Gasteiger partial charge on any atom is 0.586 e. The number of pyridine rings is 1. The maximum atomic E-state index is 13.4. The van der Waals surface area contributed by atoms with Gasteiger partial charge in [-0.05, 0) is 60.7 Å². The highest BCUT2D eigenvalue weighted by Crippen LogP contribution is 2.52. The van der Waals surface area contributed by atoms with E-state index >= 15 is 0 Å². The molecule has 3 aromatic rings. The standard InChI is InChI=1S/C26H20F5NO3/c1-15-5-7-19(32-23(15)17-4-2-3-16(11-17)14-25(27,28)29)13-22(33)24(9-10-24)18-6-8-20-21(12-18)35-26(30,31)34-20/h2-8,11-12H,9-10,13-14H2,1H3. The van der Waals surface area contributed by atoms with E-state index in [1.807, 2.05) is 0 Å². The molecule has 0 spiro atoms. The van der Waals surface area contributed by atoms with Crippen molar-refractivity contribution in [1.29, 1.82) is 0 Å². The predicted octanol–water partition coefficient (Wildman–Crippen LogP) is 6.33. The lowest BCUT2D eigenvalue weighted by molar-refractivity contribution is -0.286. The van der Waals surface area contributed by atoms with Crippen LogP contribution in [0.4, 0.5) is 22.0 Å². The summed E-state index contributed by atoms with van der Waals surface area (Å²) in [5, 5.41) is 0. The number of carbonyl (C=O) groups is 1. The summed E-state index contributed by atoms with van der Waals surface area (Å²) in [6, 6.07) is 14.0. The summed E-state index contributed by atoms with van der Waals surface area (Å²) in [5.41, 5.74) is 2.19. The molecule has 4 nitrogen and oxygen atoms in total. The molecule has 182 valence electrons. The Bertz CT molecular complexity index is 1310. The summed E-state index contributed by atoms with van der Waals surface area (Å²) in [7, 11) is 0. The second-order valence-electron chi connectivity index (χ2n) is 8.97. The fourth-order valence-electron chi connectivity index (χ4n) is 4.45. The van der Waals surface area contributed by atoms with E-state index in [2.05, 4.69) is 14.5 Å². The third-order valence-electron chi connectivity index (χ3n) is 6.34. The number of halogens is 5. The summed E-state index contributed by atoms with van der Waals surface area (Å²) in [6.07, 6.45) is -7.96. The van der Waals surface area contributed by atoms with Crippen molar-refractivity contribution in [2.45, 2.75) is 50.5 Å². The van der Waals surface area contributed by atoms with E-state index in [4.69, 9.17) is 0 Å². The zero-order chi connectivity index (χ0) is 25.0. The topological polar surface area (TPSA) is 48.4 Å². The molecule has 2 aliphatic rings. The monoisotopic (exact) mass is 489 g/mol. The van der Waals surface area contributed by atoms with Gasteiger partial charge in [-0.25, -0.2) is 0 Å². The number of carbonyl (C=O) groups excluding carboxylic acids is 1. The van der Waals surface area contributed by atoms with Crippen LogP contribution in [0.25, 0.3) is 11.3 Å². The Labute approximate surface area is 197 Å². The Morgan fingerprint density at radius 1 is 1.00 bits per heavy atom. The van der Waals surface area contributed by atoms with Crippen LogP contribution in [0.5, 0.6) is 11.5 Å². The molecule has 35 heavy (non-hydrogen) atoms. The molecule has 1 fully saturated rings. The van der Waals surface area contributed by atoms with E-state index in [0.717, 1.165) is 5.56 Å². The Morgan fingerprint density at radius 3 is 2.46 bits per heavy atom. The molecule has 0 saturated heterocycles. The van der Waals surface area contributed by atoms with E-state index in [9.17, 15) is 26.7 Å². The number of hydrogen-bond donors (Lipinski definition) is 0. The van der Waals surface area contributed by atoms with Gasteiger partial charge in [-0.1, -0.05) is 30.3 Å². The van der Waals surface area contributed by atoms with Crippen molar-refractivity contribution >= 4 is 5.78 Å². The molecule has 5 rings (SSSR count). The molecule has 1 aromatic heterocycles. The second-order valence-corrected chi connectivity index (χ2v) is 8.97. The average Bonchev–Trinajstić information content (AvgIpc) is 3.51. The smallest absolute Gasteiger partial charge is 0.395 e. The second kappa shape index (κ2) is 8.03. The van der Waals surface area contributed by atoms with Gasteiger partial charge < -0.3 is 9.47 Å². The highest BCUT2D eigenvalue weighted by atomic mass is 19.4. The molecule has 2 heterocycles. The number of ketones is 1. The highest BCUT2D eigenvalue weighted by Gasteiger charge is 2.52. The fraction of sp³-hybridized carbons (Fsp3) is 0.308. The normalized spacial score (nSPS) is 17.3. The lowest BCUT2D eigenvalue weighted by atomic mass is 9.88. The minimum atomic E-state index is -4.32.